The zero-order chi connectivity index (χ0) is 12.2. The summed E-state index contributed by atoms with van der Waals surface area (Å²) in [4.78, 5) is 0. The van der Waals surface area contributed by atoms with E-state index in [1.807, 2.05) is 6.92 Å². The fourth-order valence-corrected chi connectivity index (χ4v) is 3.23. The summed E-state index contributed by atoms with van der Waals surface area (Å²) in [6.07, 6.45) is 1.55. The maximum absolute atomic E-state index is 11.7. The Bertz CT molecular complexity index is 457. The van der Waals surface area contributed by atoms with Crippen molar-refractivity contribution in [2.45, 2.75) is 25.5 Å². The van der Waals surface area contributed by atoms with Gasteiger partial charge in [0.2, 0.25) is 0 Å². The Hall–Kier alpha value is -0.740. The molecule has 90 valence electrons. The van der Waals surface area contributed by atoms with Crippen LogP contribution >= 0.6 is 11.6 Å². The second-order valence-electron chi connectivity index (χ2n) is 3.80. The van der Waals surface area contributed by atoms with Gasteiger partial charge in [0.15, 0.2) is 9.84 Å². The molecule has 5 heteroatoms. The molecule has 0 aromatic heterocycles. The predicted molar refractivity (Wildman–Crippen MR) is 68.3 cm³/mol. The molecule has 0 fully saturated rings. The van der Waals surface area contributed by atoms with Gasteiger partial charge in [-0.25, -0.2) is 8.42 Å². The van der Waals surface area contributed by atoms with Crippen LogP contribution in [0.1, 0.15) is 25.3 Å². The van der Waals surface area contributed by atoms with Crippen LogP contribution in [0.25, 0.3) is 0 Å². The molecule has 0 heterocycles. The molecule has 1 rings (SSSR count). The van der Waals surface area contributed by atoms with E-state index in [4.69, 9.17) is 17.3 Å². The van der Waals surface area contributed by atoms with Crippen LogP contribution in [0.2, 0.25) is 5.02 Å². The number of sulfone groups is 1. The zero-order valence-electron chi connectivity index (χ0n) is 9.24. The Kier molecular flexibility index (Phi) is 4.62. The van der Waals surface area contributed by atoms with Crippen LogP contribution in [0, 0.1) is 0 Å². The van der Waals surface area contributed by atoms with Crippen LogP contribution in [0.5, 0.6) is 0 Å². The normalized spacial score (nSPS) is 11.6. The lowest BCUT2D eigenvalue weighted by atomic mass is 10.2. The van der Waals surface area contributed by atoms with E-state index in [9.17, 15) is 8.42 Å². The topological polar surface area (TPSA) is 60.2 Å². The van der Waals surface area contributed by atoms with E-state index in [1.165, 1.54) is 0 Å². The first-order valence-corrected chi connectivity index (χ1v) is 7.39. The van der Waals surface area contributed by atoms with Crippen LogP contribution in [0.4, 0.5) is 5.69 Å². The molecule has 0 bridgehead atoms. The van der Waals surface area contributed by atoms with Crippen LogP contribution in [0.15, 0.2) is 18.2 Å². The van der Waals surface area contributed by atoms with E-state index >= 15 is 0 Å². The maximum atomic E-state index is 11.7. The van der Waals surface area contributed by atoms with Crippen molar-refractivity contribution < 1.29 is 8.42 Å². The number of nitrogen functional groups attached to an aromatic ring is 1. The van der Waals surface area contributed by atoms with E-state index in [0.29, 0.717) is 22.7 Å². The minimum atomic E-state index is -3.08. The first kappa shape index (κ1) is 13.3. The molecule has 0 aliphatic rings. The van der Waals surface area contributed by atoms with Crippen molar-refractivity contribution in [2.24, 2.45) is 0 Å². The SMILES string of the molecule is CCCCS(=O)(=O)Cc1cc(N)ccc1Cl. The second-order valence-corrected chi connectivity index (χ2v) is 6.39. The summed E-state index contributed by atoms with van der Waals surface area (Å²) in [5.74, 6) is 0.172. The minimum absolute atomic E-state index is 0.0309. The molecular formula is C11H16ClNO2S. The fourth-order valence-electron chi connectivity index (χ4n) is 1.38. The lowest BCUT2D eigenvalue weighted by molar-refractivity contribution is 0.592. The standard InChI is InChI=1S/C11H16ClNO2S/c1-2-3-6-16(14,15)8-9-7-10(13)4-5-11(9)12/h4-5,7H,2-3,6,8,13H2,1H3. The van der Waals surface area contributed by atoms with E-state index in [0.717, 1.165) is 6.42 Å². The van der Waals surface area contributed by atoms with Gasteiger partial charge in [-0.3, -0.25) is 0 Å². The summed E-state index contributed by atoms with van der Waals surface area (Å²) in [5.41, 5.74) is 6.71. The monoisotopic (exact) mass is 261 g/mol. The van der Waals surface area contributed by atoms with Gasteiger partial charge in [-0.1, -0.05) is 24.9 Å². The number of nitrogens with two attached hydrogens (primary N) is 1. The average molecular weight is 262 g/mol. The van der Waals surface area contributed by atoms with E-state index in [2.05, 4.69) is 0 Å². The second kappa shape index (κ2) is 5.55. The molecule has 0 atom stereocenters. The number of hydrogen-bond acceptors (Lipinski definition) is 3. The van der Waals surface area contributed by atoms with Gasteiger partial charge in [0.05, 0.1) is 11.5 Å². The number of anilines is 1. The van der Waals surface area contributed by atoms with Gasteiger partial charge in [0.25, 0.3) is 0 Å². The third-order valence-electron chi connectivity index (χ3n) is 2.25. The van der Waals surface area contributed by atoms with Crippen molar-refractivity contribution in [1.82, 2.24) is 0 Å². The Morgan fingerprint density at radius 1 is 1.38 bits per heavy atom. The van der Waals surface area contributed by atoms with Gasteiger partial charge in [0, 0.05) is 10.7 Å². The van der Waals surface area contributed by atoms with Gasteiger partial charge in [-0.15, -0.1) is 0 Å². The molecule has 0 saturated carbocycles. The summed E-state index contributed by atoms with van der Waals surface area (Å²) in [5, 5.41) is 0.453. The summed E-state index contributed by atoms with van der Waals surface area (Å²) in [6, 6.07) is 4.90. The van der Waals surface area contributed by atoms with Crippen LogP contribution in [-0.2, 0) is 15.6 Å². The van der Waals surface area contributed by atoms with Crippen LogP contribution in [0.3, 0.4) is 0 Å². The molecule has 0 spiro atoms. The van der Waals surface area contributed by atoms with Gasteiger partial charge in [0.1, 0.15) is 0 Å². The van der Waals surface area contributed by atoms with Crippen molar-refractivity contribution in [3.8, 4) is 0 Å². The average Bonchev–Trinajstić information content (AvgIpc) is 2.20. The molecular weight excluding hydrogens is 246 g/mol. The molecule has 0 aliphatic carbocycles. The molecule has 0 amide bonds. The fraction of sp³-hybridized carbons (Fsp3) is 0.455. The number of hydrogen-bond donors (Lipinski definition) is 1. The molecule has 3 nitrogen and oxygen atoms in total. The molecule has 2 N–H and O–H groups in total. The molecule has 0 unspecified atom stereocenters. The van der Waals surface area contributed by atoms with Crippen molar-refractivity contribution >= 4 is 27.1 Å². The molecule has 16 heavy (non-hydrogen) atoms. The summed E-state index contributed by atoms with van der Waals surface area (Å²) < 4.78 is 23.4. The number of halogens is 1. The number of unbranched alkanes of at least 4 members (excludes halogenated alkanes) is 1. The lowest BCUT2D eigenvalue weighted by Crippen LogP contribution is -2.09. The minimum Gasteiger partial charge on any atom is -0.399 e. The first-order valence-electron chi connectivity index (χ1n) is 5.19. The van der Waals surface area contributed by atoms with Gasteiger partial charge < -0.3 is 5.73 Å². The summed E-state index contributed by atoms with van der Waals surface area (Å²) >= 11 is 5.92. The summed E-state index contributed by atoms with van der Waals surface area (Å²) in [6.45, 7) is 1.96. The molecule has 0 saturated heterocycles. The summed E-state index contributed by atoms with van der Waals surface area (Å²) in [7, 11) is -3.08. The van der Waals surface area contributed by atoms with Crippen molar-refractivity contribution in [3.05, 3.63) is 28.8 Å². The third kappa shape index (κ3) is 4.02. The first-order chi connectivity index (χ1) is 7.44. The predicted octanol–water partition coefficient (Wildman–Crippen LogP) is 2.64. The lowest BCUT2D eigenvalue weighted by Gasteiger charge is -2.06. The van der Waals surface area contributed by atoms with Gasteiger partial charge in [-0.05, 0) is 30.2 Å². The molecule has 1 aromatic carbocycles. The highest BCUT2D eigenvalue weighted by Gasteiger charge is 2.13. The Morgan fingerprint density at radius 3 is 2.69 bits per heavy atom. The number of benzene rings is 1. The Morgan fingerprint density at radius 2 is 2.06 bits per heavy atom. The van der Waals surface area contributed by atoms with Gasteiger partial charge >= 0.3 is 0 Å². The van der Waals surface area contributed by atoms with Crippen molar-refractivity contribution in [2.75, 3.05) is 11.5 Å². The Labute approximate surface area is 102 Å². The molecule has 0 radical (unpaired) electrons. The third-order valence-corrected chi connectivity index (χ3v) is 4.28. The largest absolute Gasteiger partial charge is 0.399 e. The van der Waals surface area contributed by atoms with Crippen molar-refractivity contribution in [1.29, 1.82) is 0 Å². The van der Waals surface area contributed by atoms with E-state index in [-0.39, 0.29) is 11.5 Å². The smallest absolute Gasteiger partial charge is 0.154 e. The number of rotatable bonds is 5. The highest BCUT2D eigenvalue weighted by atomic mass is 35.5. The highest BCUT2D eigenvalue weighted by molar-refractivity contribution is 7.90. The maximum Gasteiger partial charge on any atom is 0.154 e. The quantitative estimate of drug-likeness (QED) is 0.829. The van der Waals surface area contributed by atoms with Crippen molar-refractivity contribution in [3.63, 3.8) is 0 Å². The van der Waals surface area contributed by atoms with E-state index < -0.39 is 9.84 Å². The molecule has 1 aromatic rings. The highest BCUT2D eigenvalue weighted by Crippen LogP contribution is 2.21. The van der Waals surface area contributed by atoms with Crippen LogP contribution in [-0.4, -0.2) is 14.2 Å². The molecule has 0 aliphatic heterocycles. The Balaban J connectivity index is 2.83. The van der Waals surface area contributed by atoms with E-state index in [1.54, 1.807) is 18.2 Å². The van der Waals surface area contributed by atoms with Gasteiger partial charge in [-0.2, -0.15) is 0 Å². The van der Waals surface area contributed by atoms with Crippen LogP contribution < -0.4 is 5.73 Å². The zero-order valence-corrected chi connectivity index (χ0v) is 10.8.